The molecule has 0 atom stereocenters. The van der Waals surface area contributed by atoms with E-state index in [-0.39, 0.29) is 11.4 Å². The average Bonchev–Trinajstić information content (AvgIpc) is 2.63. The molecule has 2 rings (SSSR count). The molecule has 1 aromatic carbocycles. The van der Waals surface area contributed by atoms with E-state index >= 15 is 0 Å². The van der Waals surface area contributed by atoms with Crippen LogP contribution in [0.2, 0.25) is 0 Å². The maximum atomic E-state index is 11.5. The monoisotopic (exact) mass is 231 g/mol. The Hall–Kier alpha value is -2.06. The van der Waals surface area contributed by atoms with Gasteiger partial charge in [0.25, 0.3) is 0 Å². The topological polar surface area (TPSA) is 71.8 Å². The molecule has 0 aliphatic heterocycles. The molecule has 2 aromatic rings. The molecule has 1 heterocycles. The summed E-state index contributed by atoms with van der Waals surface area (Å²) in [6, 6.07) is 9.20. The molecule has 0 fully saturated rings. The Kier molecular flexibility index (Phi) is 2.75. The van der Waals surface area contributed by atoms with Crippen molar-refractivity contribution in [1.82, 2.24) is 4.57 Å². The number of nitrogens with zero attached hydrogens (tertiary/aromatic N) is 2. The van der Waals surface area contributed by atoms with Crippen molar-refractivity contribution < 1.29 is 0 Å². The van der Waals surface area contributed by atoms with Crippen molar-refractivity contribution in [3.05, 3.63) is 39.3 Å². The highest BCUT2D eigenvalue weighted by Crippen LogP contribution is 2.20. The number of nitrogens with two attached hydrogens (primary N) is 1. The summed E-state index contributed by atoms with van der Waals surface area (Å²) >= 11 is 1.10. The molecule has 4 nitrogen and oxygen atoms in total. The summed E-state index contributed by atoms with van der Waals surface area (Å²) in [5, 5.41) is 10.4. The lowest BCUT2D eigenvalue weighted by Crippen LogP contribution is -2.13. The second-order valence-corrected chi connectivity index (χ2v) is 4.07. The van der Waals surface area contributed by atoms with Gasteiger partial charge in [-0.3, -0.25) is 9.36 Å². The molecule has 16 heavy (non-hydrogen) atoms. The van der Waals surface area contributed by atoms with Gasteiger partial charge in [-0.1, -0.05) is 23.5 Å². The molecule has 0 bridgehead atoms. The first-order valence-electron chi connectivity index (χ1n) is 4.63. The fraction of sp³-hybridized carbons (Fsp3) is 0.0909. The van der Waals surface area contributed by atoms with Crippen LogP contribution in [-0.2, 0) is 6.54 Å². The Labute approximate surface area is 96.2 Å². The van der Waals surface area contributed by atoms with Gasteiger partial charge in [0.15, 0.2) is 0 Å². The molecule has 2 N–H and O–H groups in total. The summed E-state index contributed by atoms with van der Waals surface area (Å²) < 4.78 is 1.45. The van der Waals surface area contributed by atoms with Gasteiger partial charge in [-0.15, -0.1) is 0 Å². The normalized spacial score (nSPS) is 9.94. The van der Waals surface area contributed by atoms with Gasteiger partial charge in [-0.25, -0.2) is 0 Å². The largest absolute Gasteiger partial charge is 0.399 e. The molecular formula is C11H9N3OS. The van der Waals surface area contributed by atoms with E-state index in [2.05, 4.69) is 0 Å². The number of nitriles is 1. The maximum Gasteiger partial charge on any atom is 0.308 e. The summed E-state index contributed by atoms with van der Waals surface area (Å²) in [4.78, 5) is 11.4. The van der Waals surface area contributed by atoms with Crippen LogP contribution in [0.5, 0.6) is 0 Å². The van der Waals surface area contributed by atoms with Crippen molar-refractivity contribution in [2.24, 2.45) is 0 Å². The molecule has 0 spiro atoms. The smallest absolute Gasteiger partial charge is 0.308 e. The van der Waals surface area contributed by atoms with Crippen LogP contribution in [-0.4, -0.2) is 4.57 Å². The Bertz CT molecular complexity index is 589. The SMILES string of the molecule is N#CCn1c(-c2ccc(N)cc2)csc1=O. The van der Waals surface area contributed by atoms with Gasteiger partial charge in [0.05, 0.1) is 11.8 Å². The average molecular weight is 231 g/mol. The third-order valence-corrected chi connectivity index (χ3v) is 2.98. The fourth-order valence-corrected chi connectivity index (χ4v) is 2.20. The molecule has 0 unspecified atom stereocenters. The van der Waals surface area contributed by atoms with Gasteiger partial charge in [0.1, 0.15) is 6.54 Å². The lowest BCUT2D eigenvalue weighted by atomic mass is 10.1. The minimum atomic E-state index is -0.117. The van der Waals surface area contributed by atoms with E-state index in [9.17, 15) is 4.79 Å². The van der Waals surface area contributed by atoms with Gasteiger partial charge < -0.3 is 5.73 Å². The van der Waals surface area contributed by atoms with Crippen LogP contribution in [0.3, 0.4) is 0 Å². The minimum absolute atomic E-state index is 0.0715. The van der Waals surface area contributed by atoms with Crippen molar-refractivity contribution in [3.8, 4) is 17.3 Å². The van der Waals surface area contributed by atoms with Gasteiger partial charge in [0, 0.05) is 11.1 Å². The second kappa shape index (κ2) is 4.21. The summed E-state index contributed by atoms with van der Waals surface area (Å²) in [6.07, 6.45) is 0. The van der Waals surface area contributed by atoms with Crippen molar-refractivity contribution in [1.29, 1.82) is 5.26 Å². The van der Waals surface area contributed by atoms with Crippen LogP contribution in [0.25, 0.3) is 11.3 Å². The maximum absolute atomic E-state index is 11.5. The van der Waals surface area contributed by atoms with Crippen LogP contribution >= 0.6 is 11.3 Å². The van der Waals surface area contributed by atoms with Gasteiger partial charge in [0.2, 0.25) is 0 Å². The lowest BCUT2D eigenvalue weighted by molar-refractivity contribution is 0.825. The fourth-order valence-electron chi connectivity index (χ4n) is 1.43. The highest BCUT2D eigenvalue weighted by molar-refractivity contribution is 7.07. The molecule has 0 radical (unpaired) electrons. The molecule has 0 saturated heterocycles. The molecule has 80 valence electrons. The number of benzene rings is 1. The Morgan fingerprint density at radius 3 is 2.69 bits per heavy atom. The van der Waals surface area contributed by atoms with Crippen molar-refractivity contribution >= 4 is 17.0 Å². The predicted octanol–water partition coefficient (Wildman–Crippen LogP) is 1.68. The Morgan fingerprint density at radius 1 is 1.38 bits per heavy atom. The highest BCUT2D eigenvalue weighted by atomic mass is 32.1. The Balaban J connectivity index is 2.52. The first-order valence-corrected chi connectivity index (χ1v) is 5.51. The van der Waals surface area contributed by atoms with E-state index in [4.69, 9.17) is 11.0 Å². The Morgan fingerprint density at radius 2 is 2.06 bits per heavy atom. The molecule has 0 aliphatic carbocycles. The molecule has 0 amide bonds. The zero-order valence-corrected chi connectivity index (χ0v) is 9.20. The van der Waals surface area contributed by atoms with E-state index in [0.717, 1.165) is 22.6 Å². The first kappa shape index (κ1) is 10.5. The van der Waals surface area contributed by atoms with Crippen LogP contribution in [0, 0.1) is 11.3 Å². The first-order chi connectivity index (χ1) is 7.72. The quantitative estimate of drug-likeness (QED) is 0.799. The van der Waals surface area contributed by atoms with Crippen molar-refractivity contribution in [2.75, 3.05) is 5.73 Å². The third kappa shape index (κ3) is 1.83. The molecular weight excluding hydrogens is 222 g/mol. The second-order valence-electron chi connectivity index (χ2n) is 3.25. The summed E-state index contributed by atoms with van der Waals surface area (Å²) in [7, 11) is 0. The zero-order valence-electron chi connectivity index (χ0n) is 8.38. The number of rotatable bonds is 2. The lowest BCUT2D eigenvalue weighted by Gasteiger charge is -2.03. The van der Waals surface area contributed by atoms with Crippen LogP contribution in [0.1, 0.15) is 0 Å². The summed E-state index contributed by atoms with van der Waals surface area (Å²) in [5.41, 5.74) is 7.91. The number of hydrogen-bond donors (Lipinski definition) is 1. The van der Waals surface area contributed by atoms with Crippen LogP contribution in [0.4, 0.5) is 5.69 Å². The number of aromatic nitrogens is 1. The van der Waals surface area contributed by atoms with Crippen LogP contribution in [0.15, 0.2) is 34.4 Å². The zero-order chi connectivity index (χ0) is 11.5. The predicted molar refractivity (Wildman–Crippen MR) is 64.0 cm³/mol. The minimum Gasteiger partial charge on any atom is -0.399 e. The summed E-state index contributed by atoms with van der Waals surface area (Å²) in [5.74, 6) is 0. The van der Waals surface area contributed by atoms with E-state index in [1.165, 1.54) is 4.57 Å². The third-order valence-electron chi connectivity index (χ3n) is 2.22. The van der Waals surface area contributed by atoms with E-state index in [1.54, 1.807) is 17.5 Å². The van der Waals surface area contributed by atoms with Crippen molar-refractivity contribution in [3.63, 3.8) is 0 Å². The van der Waals surface area contributed by atoms with E-state index < -0.39 is 0 Å². The number of anilines is 1. The summed E-state index contributed by atoms with van der Waals surface area (Å²) in [6.45, 7) is 0.0715. The molecule has 1 aromatic heterocycles. The van der Waals surface area contributed by atoms with Gasteiger partial charge >= 0.3 is 4.87 Å². The van der Waals surface area contributed by atoms with Gasteiger partial charge in [-0.2, -0.15) is 5.26 Å². The van der Waals surface area contributed by atoms with E-state index in [0.29, 0.717) is 5.69 Å². The molecule has 5 heteroatoms. The molecule has 0 aliphatic rings. The van der Waals surface area contributed by atoms with Gasteiger partial charge in [-0.05, 0) is 17.7 Å². The van der Waals surface area contributed by atoms with E-state index in [1.807, 2.05) is 18.2 Å². The number of thiazole rings is 1. The number of nitrogen functional groups attached to an aromatic ring is 1. The standard InChI is InChI=1S/C11H9N3OS/c12-5-6-14-10(7-16-11(14)15)8-1-3-9(13)4-2-8/h1-4,7H,6,13H2. The highest BCUT2D eigenvalue weighted by Gasteiger charge is 2.07. The number of hydrogen-bond acceptors (Lipinski definition) is 4. The molecule has 0 saturated carbocycles. The van der Waals surface area contributed by atoms with Crippen molar-refractivity contribution in [2.45, 2.75) is 6.54 Å². The van der Waals surface area contributed by atoms with Crippen LogP contribution < -0.4 is 10.6 Å².